The van der Waals surface area contributed by atoms with Gasteiger partial charge in [-0.2, -0.15) is 0 Å². The third-order valence-corrected chi connectivity index (χ3v) is 4.43. The minimum atomic E-state index is -0.899. The molecule has 1 aromatic carbocycles. The molecule has 0 fully saturated rings. The van der Waals surface area contributed by atoms with E-state index in [1.807, 2.05) is 6.92 Å². The van der Waals surface area contributed by atoms with Crippen molar-refractivity contribution in [2.24, 2.45) is 11.1 Å². The van der Waals surface area contributed by atoms with E-state index >= 15 is 0 Å². The van der Waals surface area contributed by atoms with E-state index in [9.17, 15) is 9.18 Å². The molecule has 0 heterocycles. The van der Waals surface area contributed by atoms with Crippen molar-refractivity contribution in [1.29, 1.82) is 0 Å². The molecule has 2 N–H and O–H groups in total. The predicted octanol–water partition coefficient (Wildman–Crippen LogP) is 3.05. The highest BCUT2D eigenvalue weighted by molar-refractivity contribution is 7.80. The summed E-state index contributed by atoms with van der Waals surface area (Å²) < 4.78 is 13.8. The first-order chi connectivity index (χ1) is 9.25. The van der Waals surface area contributed by atoms with E-state index in [1.165, 1.54) is 11.0 Å². The summed E-state index contributed by atoms with van der Waals surface area (Å²) in [5.41, 5.74) is 5.28. The summed E-state index contributed by atoms with van der Waals surface area (Å²) >= 11 is 5.01. The van der Waals surface area contributed by atoms with E-state index in [1.54, 1.807) is 39.1 Å². The van der Waals surface area contributed by atoms with Crippen LogP contribution in [0.4, 0.5) is 4.39 Å². The Balaban J connectivity index is 3.06. The highest BCUT2D eigenvalue weighted by Crippen LogP contribution is 2.29. The summed E-state index contributed by atoms with van der Waals surface area (Å²) in [4.78, 5) is 14.3. The molecule has 0 saturated carbocycles. The Morgan fingerprint density at radius 3 is 2.50 bits per heavy atom. The largest absolute Gasteiger partial charge is 0.392 e. The van der Waals surface area contributed by atoms with Crippen molar-refractivity contribution in [3.05, 3.63) is 35.6 Å². The number of halogens is 1. The number of rotatable bonds is 5. The van der Waals surface area contributed by atoms with Gasteiger partial charge in [0.25, 0.3) is 0 Å². The zero-order valence-corrected chi connectivity index (χ0v) is 13.1. The van der Waals surface area contributed by atoms with E-state index in [0.29, 0.717) is 12.0 Å². The van der Waals surface area contributed by atoms with Crippen molar-refractivity contribution in [1.82, 2.24) is 4.90 Å². The molecule has 1 rings (SSSR count). The van der Waals surface area contributed by atoms with Crippen molar-refractivity contribution in [3.63, 3.8) is 0 Å². The number of thiocarbonyl (C=S) groups is 1. The highest BCUT2D eigenvalue weighted by atomic mass is 32.1. The smallest absolute Gasteiger partial charge is 0.235 e. The molecule has 0 spiro atoms. The number of hydrogen-bond acceptors (Lipinski definition) is 2. The fourth-order valence-electron chi connectivity index (χ4n) is 2.02. The van der Waals surface area contributed by atoms with Crippen molar-refractivity contribution in [3.8, 4) is 0 Å². The average molecular weight is 296 g/mol. The lowest BCUT2D eigenvalue weighted by molar-refractivity contribution is -0.138. The molecule has 1 amide bonds. The minimum absolute atomic E-state index is 0.164. The van der Waals surface area contributed by atoms with Crippen LogP contribution in [0.1, 0.15) is 38.8 Å². The number of carbonyl (C=O) groups is 1. The van der Waals surface area contributed by atoms with Crippen LogP contribution in [0.3, 0.4) is 0 Å². The maximum atomic E-state index is 13.8. The third kappa shape index (κ3) is 2.98. The lowest BCUT2D eigenvalue weighted by atomic mass is 9.85. The molecule has 0 radical (unpaired) electrons. The molecule has 2 atom stereocenters. The summed E-state index contributed by atoms with van der Waals surface area (Å²) in [5, 5.41) is 0. The highest BCUT2D eigenvalue weighted by Gasteiger charge is 2.38. The molecule has 0 aliphatic rings. The van der Waals surface area contributed by atoms with Gasteiger partial charge in [-0.1, -0.05) is 37.3 Å². The quantitative estimate of drug-likeness (QED) is 0.850. The van der Waals surface area contributed by atoms with Crippen LogP contribution < -0.4 is 5.73 Å². The van der Waals surface area contributed by atoms with Gasteiger partial charge in [0, 0.05) is 12.6 Å². The monoisotopic (exact) mass is 296 g/mol. The second-order valence-electron chi connectivity index (χ2n) is 5.16. The van der Waals surface area contributed by atoms with Crippen LogP contribution >= 0.6 is 12.2 Å². The molecule has 0 bridgehead atoms. The Labute approximate surface area is 125 Å². The van der Waals surface area contributed by atoms with E-state index in [0.717, 1.165) is 0 Å². The van der Waals surface area contributed by atoms with Crippen LogP contribution in [0.15, 0.2) is 24.3 Å². The summed E-state index contributed by atoms with van der Waals surface area (Å²) in [6, 6.07) is 6.05. The Kier molecular flexibility index (Phi) is 5.22. The third-order valence-electron chi connectivity index (χ3n) is 3.98. The van der Waals surface area contributed by atoms with Crippen LogP contribution in [0.25, 0.3) is 0 Å². The maximum Gasteiger partial charge on any atom is 0.235 e. The Hall–Kier alpha value is -1.49. The van der Waals surface area contributed by atoms with Crippen molar-refractivity contribution in [2.45, 2.75) is 33.2 Å². The van der Waals surface area contributed by atoms with Crippen LogP contribution in [0, 0.1) is 11.2 Å². The van der Waals surface area contributed by atoms with Gasteiger partial charge < -0.3 is 10.6 Å². The zero-order chi connectivity index (χ0) is 15.5. The van der Waals surface area contributed by atoms with E-state index < -0.39 is 5.41 Å². The van der Waals surface area contributed by atoms with Gasteiger partial charge >= 0.3 is 0 Å². The lowest BCUT2D eigenvalue weighted by Crippen LogP contribution is -2.48. The first-order valence-corrected chi connectivity index (χ1v) is 6.98. The normalized spacial score (nSPS) is 15.2. The summed E-state index contributed by atoms with van der Waals surface area (Å²) in [6.07, 6.45) is 0.509. The minimum Gasteiger partial charge on any atom is -0.392 e. The number of amides is 1. The predicted molar refractivity (Wildman–Crippen MR) is 82.8 cm³/mol. The van der Waals surface area contributed by atoms with Gasteiger partial charge in [-0.15, -0.1) is 0 Å². The Morgan fingerprint density at radius 1 is 1.50 bits per heavy atom. The first kappa shape index (κ1) is 16.6. The first-order valence-electron chi connectivity index (χ1n) is 6.57. The van der Waals surface area contributed by atoms with Crippen LogP contribution in [-0.2, 0) is 4.79 Å². The van der Waals surface area contributed by atoms with Crippen LogP contribution in [0.2, 0.25) is 0 Å². The van der Waals surface area contributed by atoms with Crippen LogP contribution in [-0.4, -0.2) is 22.8 Å². The molecule has 110 valence electrons. The van der Waals surface area contributed by atoms with Crippen LogP contribution in [0.5, 0.6) is 0 Å². The summed E-state index contributed by atoms with van der Waals surface area (Å²) in [6.45, 7) is 5.37. The molecule has 1 aromatic rings. The van der Waals surface area contributed by atoms with Crippen molar-refractivity contribution in [2.75, 3.05) is 7.05 Å². The van der Waals surface area contributed by atoms with Crippen molar-refractivity contribution >= 4 is 23.1 Å². The molecule has 0 aliphatic carbocycles. The fourth-order valence-corrected chi connectivity index (χ4v) is 2.25. The molecule has 5 heteroatoms. The van der Waals surface area contributed by atoms with Gasteiger partial charge in [-0.3, -0.25) is 4.79 Å². The van der Waals surface area contributed by atoms with Gasteiger partial charge in [0.15, 0.2) is 0 Å². The van der Waals surface area contributed by atoms with Gasteiger partial charge in [0.05, 0.1) is 16.4 Å². The molecule has 2 unspecified atom stereocenters. The number of benzene rings is 1. The molecular weight excluding hydrogens is 275 g/mol. The Morgan fingerprint density at radius 2 is 2.05 bits per heavy atom. The van der Waals surface area contributed by atoms with Crippen molar-refractivity contribution < 1.29 is 9.18 Å². The standard InChI is InChI=1S/C15H21FN2OS/c1-5-15(3,13(17)20)14(19)18(4)10(2)11-8-6-7-9-12(11)16/h6-10H,5H2,1-4H3,(H2,17,20). The molecule has 3 nitrogen and oxygen atoms in total. The number of hydrogen-bond donors (Lipinski definition) is 1. The van der Waals surface area contributed by atoms with Gasteiger partial charge in [-0.05, 0) is 26.3 Å². The Bertz CT molecular complexity index is 520. The van der Waals surface area contributed by atoms with Gasteiger partial charge in [-0.25, -0.2) is 4.39 Å². The zero-order valence-electron chi connectivity index (χ0n) is 12.3. The molecule has 0 aliphatic heterocycles. The molecular formula is C15H21FN2OS. The second-order valence-corrected chi connectivity index (χ2v) is 5.60. The lowest BCUT2D eigenvalue weighted by Gasteiger charge is -2.34. The molecule has 0 saturated heterocycles. The summed E-state index contributed by atoms with van der Waals surface area (Å²) in [7, 11) is 1.64. The number of carbonyl (C=O) groups excluding carboxylic acids is 1. The van der Waals surface area contributed by atoms with Gasteiger partial charge in [0.1, 0.15) is 5.82 Å². The SMILES string of the molecule is CCC(C)(C(=O)N(C)C(C)c1ccccc1F)C(N)=S. The summed E-state index contributed by atoms with van der Waals surface area (Å²) in [5.74, 6) is -0.517. The number of nitrogens with zero attached hydrogens (tertiary/aromatic N) is 1. The van der Waals surface area contributed by atoms with E-state index in [4.69, 9.17) is 18.0 Å². The fraction of sp³-hybridized carbons (Fsp3) is 0.467. The maximum absolute atomic E-state index is 13.8. The number of nitrogens with two attached hydrogens (primary N) is 1. The molecule has 20 heavy (non-hydrogen) atoms. The topological polar surface area (TPSA) is 46.3 Å². The molecule has 0 aromatic heterocycles. The van der Waals surface area contributed by atoms with Gasteiger partial charge in [0.2, 0.25) is 5.91 Å². The van der Waals surface area contributed by atoms with E-state index in [2.05, 4.69) is 0 Å². The van der Waals surface area contributed by atoms with E-state index in [-0.39, 0.29) is 22.8 Å². The average Bonchev–Trinajstić information content (AvgIpc) is 2.44. The second kappa shape index (κ2) is 6.31.